The Morgan fingerprint density at radius 3 is 2.04 bits per heavy atom. The van der Waals surface area contributed by atoms with Crippen molar-refractivity contribution in [3.63, 3.8) is 0 Å². The van der Waals surface area contributed by atoms with E-state index in [1.165, 1.54) is 6.07 Å². The minimum Gasteiger partial charge on any atom is -0.280 e. The number of hydrogen-bond donors (Lipinski definition) is 1. The van der Waals surface area contributed by atoms with Crippen LogP contribution in [-0.4, -0.2) is 8.42 Å². The van der Waals surface area contributed by atoms with E-state index in [2.05, 4.69) is 0 Å². The lowest BCUT2D eigenvalue weighted by Crippen LogP contribution is -2.15. The van der Waals surface area contributed by atoms with Crippen LogP contribution in [0.5, 0.6) is 0 Å². The number of alkyl halides is 3. The highest BCUT2D eigenvalue weighted by Crippen LogP contribution is 2.33. The summed E-state index contributed by atoms with van der Waals surface area (Å²) in [6.07, 6.45) is -4.95. The Balaban J connectivity index is 2.42. The molecule has 124 valence electrons. The summed E-state index contributed by atoms with van der Waals surface area (Å²) in [5.41, 5.74) is -2.03. The first kappa shape index (κ1) is 17.8. The van der Waals surface area contributed by atoms with Crippen LogP contribution in [0.2, 0.25) is 10.0 Å². The van der Waals surface area contributed by atoms with Gasteiger partial charge in [-0.3, -0.25) is 4.72 Å². The second-order valence-corrected chi connectivity index (χ2v) is 6.96. The summed E-state index contributed by atoms with van der Waals surface area (Å²) in [7, 11) is -4.24. The number of hydrogen-bond acceptors (Lipinski definition) is 2. The second-order valence-electron chi connectivity index (χ2n) is 4.40. The van der Waals surface area contributed by atoms with Crippen molar-refractivity contribution >= 4 is 38.9 Å². The molecule has 0 amide bonds. The summed E-state index contributed by atoms with van der Waals surface area (Å²) in [5.74, 6) is -1.51. The van der Waals surface area contributed by atoms with Gasteiger partial charge in [0, 0.05) is 15.7 Å². The molecule has 0 radical (unpaired) electrons. The van der Waals surface area contributed by atoms with E-state index in [1.54, 1.807) is 0 Å². The van der Waals surface area contributed by atoms with Gasteiger partial charge in [-0.05, 0) is 36.4 Å². The van der Waals surface area contributed by atoms with Gasteiger partial charge in [-0.2, -0.15) is 13.2 Å². The molecule has 10 heteroatoms. The van der Waals surface area contributed by atoms with E-state index in [-0.39, 0.29) is 14.9 Å². The minimum absolute atomic E-state index is 0.0351. The van der Waals surface area contributed by atoms with Gasteiger partial charge in [0.2, 0.25) is 0 Å². The summed E-state index contributed by atoms with van der Waals surface area (Å²) in [6.45, 7) is 0. The van der Waals surface area contributed by atoms with Gasteiger partial charge < -0.3 is 0 Å². The number of anilines is 1. The highest BCUT2D eigenvalue weighted by molar-refractivity contribution is 7.92. The lowest BCUT2D eigenvalue weighted by molar-refractivity contribution is -0.139. The first-order chi connectivity index (χ1) is 10.5. The van der Waals surface area contributed by atoms with Gasteiger partial charge in [0.25, 0.3) is 10.0 Å². The SMILES string of the molecule is O=S(=O)(Nc1ccc(F)c(C(F)(F)F)c1)c1cc(Cl)cc(Cl)c1. The molecule has 2 aromatic rings. The van der Waals surface area contributed by atoms with Gasteiger partial charge in [-0.25, -0.2) is 12.8 Å². The Hall–Kier alpha value is -1.51. The molecule has 1 N–H and O–H groups in total. The maximum atomic E-state index is 13.2. The normalized spacial score (nSPS) is 12.3. The van der Waals surface area contributed by atoms with Crippen molar-refractivity contribution in [1.29, 1.82) is 0 Å². The number of sulfonamides is 1. The quantitative estimate of drug-likeness (QED) is 0.757. The molecule has 0 fully saturated rings. The van der Waals surface area contributed by atoms with Gasteiger partial charge in [0.05, 0.1) is 10.5 Å². The lowest BCUT2D eigenvalue weighted by Gasteiger charge is -2.12. The first-order valence-corrected chi connectivity index (χ1v) is 8.08. The highest BCUT2D eigenvalue weighted by atomic mass is 35.5. The maximum Gasteiger partial charge on any atom is 0.419 e. The standard InChI is InChI=1S/C13H7Cl2F4NO2S/c14-7-3-8(15)5-10(4-7)23(21,22)20-9-1-2-12(16)11(6-9)13(17,18)19/h1-6,20H. The molecule has 2 rings (SSSR count). The van der Waals surface area contributed by atoms with Crippen molar-refractivity contribution in [1.82, 2.24) is 0 Å². The molecule has 3 nitrogen and oxygen atoms in total. The molecule has 0 aliphatic carbocycles. The monoisotopic (exact) mass is 387 g/mol. The van der Waals surface area contributed by atoms with E-state index in [4.69, 9.17) is 23.2 Å². The Labute approximate surface area is 138 Å². The molecule has 0 aliphatic heterocycles. The van der Waals surface area contributed by atoms with Gasteiger partial charge in [0.15, 0.2) is 0 Å². The van der Waals surface area contributed by atoms with Gasteiger partial charge in [-0.15, -0.1) is 0 Å². The first-order valence-electron chi connectivity index (χ1n) is 5.85. The summed E-state index contributed by atoms with van der Waals surface area (Å²) >= 11 is 11.4. The van der Waals surface area contributed by atoms with Crippen LogP contribution in [0.4, 0.5) is 23.2 Å². The zero-order valence-electron chi connectivity index (χ0n) is 11.0. The Bertz CT molecular complexity index is 833. The fraction of sp³-hybridized carbons (Fsp3) is 0.0769. The van der Waals surface area contributed by atoms with Crippen LogP contribution >= 0.6 is 23.2 Å². The lowest BCUT2D eigenvalue weighted by atomic mass is 10.2. The molecular weight excluding hydrogens is 381 g/mol. The predicted octanol–water partition coefficient (Wildman–Crippen LogP) is 4.95. The van der Waals surface area contributed by atoms with Crippen molar-refractivity contribution < 1.29 is 26.0 Å². The molecule has 23 heavy (non-hydrogen) atoms. The van der Waals surface area contributed by atoms with Crippen LogP contribution in [0.25, 0.3) is 0 Å². The second kappa shape index (κ2) is 6.18. The number of rotatable bonds is 3. The van der Waals surface area contributed by atoms with E-state index in [9.17, 15) is 26.0 Å². The molecule has 0 spiro atoms. The molecular formula is C13H7Cl2F4NO2S. The Morgan fingerprint density at radius 2 is 1.52 bits per heavy atom. The molecule has 0 saturated heterocycles. The van der Waals surface area contributed by atoms with Crippen molar-refractivity contribution in [2.75, 3.05) is 4.72 Å². The summed E-state index contributed by atoms with van der Waals surface area (Å²) in [6, 6.07) is 5.19. The zero-order valence-corrected chi connectivity index (χ0v) is 13.3. The van der Waals surface area contributed by atoms with Crippen molar-refractivity contribution in [3.05, 3.63) is 57.8 Å². The summed E-state index contributed by atoms with van der Waals surface area (Å²) in [4.78, 5) is -0.340. The number of nitrogens with one attached hydrogen (secondary N) is 1. The molecule has 0 aromatic heterocycles. The number of halogens is 6. The van der Waals surface area contributed by atoms with E-state index >= 15 is 0 Å². The van der Waals surface area contributed by atoms with Crippen LogP contribution < -0.4 is 4.72 Å². The predicted molar refractivity (Wildman–Crippen MR) is 78.7 cm³/mol. The maximum absolute atomic E-state index is 13.2. The molecule has 0 saturated carbocycles. The minimum atomic E-state index is -4.95. The van der Waals surface area contributed by atoms with Crippen molar-refractivity contribution in [2.45, 2.75) is 11.1 Å². The molecule has 0 heterocycles. The molecule has 0 aliphatic rings. The van der Waals surface area contributed by atoms with Crippen LogP contribution in [0, 0.1) is 5.82 Å². The molecule has 0 unspecified atom stereocenters. The molecule has 0 bridgehead atoms. The largest absolute Gasteiger partial charge is 0.419 e. The average Bonchev–Trinajstić information content (AvgIpc) is 2.38. The summed E-state index contributed by atoms with van der Waals surface area (Å²) in [5, 5.41) is 0.0703. The van der Waals surface area contributed by atoms with Gasteiger partial charge in [0.1, 0.15) is 5.82 Å². The van der Waals surface area contributed by atoms with Crippen molar-refractivity contribution in [3.8, 4) is 0 Å². The Morgan fingerprint density at radius 1 is 0.957 bits per heavy atom. The third kappa shape index (κ3) is 4.27. The molecule has 2 aromatic carbocycles. The van der Waals surface area contributed by atoms with E-state index in [0.29, 0.717) is 12.1 Å². The van der Waals surface area contributed by atoms with E-state index in [1.807, 2.05) is 4.72 Å². The van der Waals surface area contributed by atoms with Gasteiger partial charge >= 0.3 is 6.18 Å². The topological polar surface area (TPSA) is 46.2 Å². The number of benzene rings is 2. The highest BCUT2D eigenvalue weighted by Gasteiger charge is 2.34. The zero-order chi connectivity index (χ0) is 17.4. The van der Waals surface area contributed by atoms with E-state index in [0.717, 1.165) is 18.2 Å². The fourth-order valence-corrected chi connectivity index (χ4v) is 3.48. The van der Waals surface area contributed by atoms with Crippen molar-refractivity contribution in [2.24, 2.45) is 0 Å². The van der Waals surface area contributed by atoms with Crippen LogP contribution in [0.3, 0.4) is 0 Å². The van der Waals surface area contributed by atoms with Crippen LogP contribution in [0.1, 0.15) is 5.56 Å². The Kier molecular flexibility index (Phi) is 4.79. The third-order valence-electron chi connectivity index (χ3n) is 2.67. The van der Waals surface area contributed by atoms with Crippen LogP contribution in [-0.2, 0) is 16.2 Å². The van der Waals surface area contributed by atoms with E-state index < -0.39 is 33.3 Å². The van der Waals surface area contributed by atoms with Crippen LogP contribution in [0.15, 0.2) is 41.3 Å². The smallest absolute Gasteiger partial charge is 0.280 e. The van der Waals surface area contributed by atoms with Gasteiger partial charge in [-0.1, -0.05) is 23.2 Å². The summed E-state index contributed by atoms with van der Waals surface area (Å²) < 4.78 is 77.3. The third-order valence-corrected chi connectivity index (χ3v) is 4.47. The average molecular weight is 388 g/mol. The molecule has 0 atom stereocenters. The fourth-order valence-electron chi connectivity index (χ4n) is 1.70.